The first kappa shape index (κ1) is 17.4. The standard InChI is InChI=1S/C21H22N4O2/c1-14-20(15(2)27-24-14)19-12-17(5-9-23-19)16-6-10-25(11-7-16)21(26)18-4-3-8-22-13-18/h3-5,8-9,12-13,16H,6-7,10-11H2,1-2H3. The van der Waals surface area contributed by atoms with Crippen LogP contribution in [0.2, 0.25) is 0 Å². The van der Waals surface area contributed by atoms with Gasteiger partial charge in [0.25, 0.3) is 5.91 Å². The molecule has 0 spiro atoms. The molecule has 0 unspecified atom stereocenters. The summed E-state index contributed by atoms with van der Waals surface area (Å²) in [6, 6.07) is 7.83. The van der Waals surface area contributed by atoms with Gasteiger partial charge in [-0.1, -0.05) is 5.16 Å². The van der Waals surface area contributed by atoms with Crippen molar-refractivity contribution in [2.75, 3.05) is 13.1 Å². The summed E-state index contributed by atoms with van der Waals surface area (Å²) in [5.41, 5.74) is 4.64. The third kappa shape index (κ3) is 3.47. The van der Waals surface area contributed by atoms with E-state index in [1.807, 2.05) is 31.0 Å². The van der Waals surface area contributed by atoms with Crippen molar-refractivity contribution in [2.24, 2.45) is 0 Å². The Kier molecular flexibility index (Phi) is 4.71. The first-order chi connectivity index (χ1) is 13.1. The number of aryl methyl sites for hydroxylation is 2. The molecular formula is C21H22N4O2. The zero-order valence-corrected chi connectivity index (χ0v) is 15.6. The van der Waals surface area contributed by atoms with E-state index in [9.17, 15) is 4.79 Å². The van der Waals surface area contributed by atoms with Gasteiger partial charge in [-0.15, -0.1) is 0 Å². The summed E-state index contributed by atoms with van der Waals surface area (Å²) in [5, 5.41) is 4.03. The monoisotopic (exact) mass is 362 g/mol. The van der Waals surface area contributed by atoms with E-state index in [2.05, 4.69) is 27.3 Å². The number of piperidine rings is 1. The molecule has 0 bridgehead atoms. The van der Waals surface area contributed by atoms with E-state index >= 15 is 0 Å². The number of amides is 1. The summed E-state index contributed by atoms with van der Waals surface area (Å²) >= 11 is 0. The number of carbonyl (C=O) groups excluding carboxylic acids is 1. The van der Waals surface area contributed by atoms with Crippen molar-refractivity contribution in [3.63, 3.8) is 0 Å². The predicted octanol–water partition coefficient (Wildman–Crippen LogP) is 3.77. The summed E-state index contributed by atoms with van der Waals surface area (Å²) in [6.45, 7) is 5.34. The van der Waals surface area contributed by atoms with Crippen LogP contribution in [0.3, 0.4) is 0 Å². The molecule has 3 aromatic heterocycles. The van der Waals surface area contributed by atoms with Crippen LogP contribution in [-0.2, 0) is 0 Å². The number of hydrogen-bond acceptors (Lipinski definition) is 5. The van der Waals surface area contributed by atoms with Crippen molar-refractivity contribution in [2.45, 2.75) is 32.6 Å². The van der Waals surface area contributed by atoms with Crippen LogP contribution >= 0.6 is 0 Å². The van der Waals surface area contributed by atoms with E-state index in [0.29, 0.717) is 11.5 Å². The Bertz CT molecular complexity index is 924. The molecule has 27 heavy (non-hydrogen) atoms. The fraction of sp³-hybridized carbons (Fsp3) is 0.333. The van der Waals surface area contributed by atoms with Crippen LogP contribution in [-0.4, -0.2) is 39.0 Å². The van der Waals surface area contributed by atoms with Crippen LogP contribution in [0.25, 0.3) is 11.3 Å². The van der Waals surface area contributed by atoms with Gasteiger partial charge in [0.1, 0.15) is 5.76 Å². The van der Waals surface area contributed by atoms with Crippen LogP contribution in [0.15, 0.2) is 47.4 Å². The van der Waals surface area contributed by atoms with Gasteiger partial charge in [0, 0.05) is 31.7 Å². The minimum absolute atomic E-state index is 0.0627. The fourth-order valence-electron chi connectivity index (χ4n) is 3.77. The SMILES string of the molecule is Cc1noc(C)c1-c1cc(C2CCN(C(=O)c3cccnc3)CC2)ccn1. The van der Waals surface area contributed by atoms with Gasteiger partial charge < -0.3 is 9.42 Å². The first-order valence-electron chi connectivity index (χ1n) is 9.22. The van der Waals surface area contributed by atoms with E-state index in [0.717, 1.165) is 48.6 Å². The van der Waals surface area contributed by atoms with Crippen LogP contribution in [0.5, 0.6) is 0 Å². The molecule has 0 N–H and O–H groups in total. The van der Waals surface area contributed by atoms with Gasteiger partial charge in [0.2, 0.25) is 0 Å². The average Bonchev–Trinajstić information content (AvgIpc) is 3.06. The highest BCUT2D eigenvalue weighted by Gasteiger charge is 2.25. The summed E-state index contributed by atoms with van der Waals surface area (Å²) in [6.07, 6.45) is 7.05. The molecule has 4 rings (SSSR count). The molecule has 0 saturated carbocycles. The summed E-state index contributed by atoms with van der Waals surface area (Å²) in [7, 11) is 0. The fourth-order valence-corrected chi connectivity index (χ4v) is 3.77. The number of likely N-dealkylation sites (tertiary alicyclic amines) is 1. The minimum Gasteiger partial charge on any atom is -0.361 e. The van der Waals surface area contributed by atoms with Crippen molar-refractivity contribution >= 4 is 5.91 Å². The molecule has 6 heteroatoms. The summed E-state index contributed by atoms with van der Waals surface area (Å²) in [5.74, 6) is 1.27. The maximum Gasteiger partial charge on any atom is 0.255 e. The molecule has 138 valence electrons. The lowest BCUT2D eigenvalue weighted by Crippen LogP contribution is -2.37. The van der Waals surface area contributed by atoms with Crippen molar-refractivity contribution in [1.82, 2.24) is 20.0 Å². The van der Waals surface area contributed by atoms with E-state index < -0.39 is 0 Å². The molecule has 1 fully saturated rings. The van der Waals surface area contributed by atoms with Gasteiger partial charge in [0.05, 0.1) is 22.5 Å². The number of hydrogen-bond donors (Lipinski definition) is 0. The molecule has 0 aromatic carbocycles. The maximum atomic E-state index is 12.6. The third-order valence-corrected chi connectivity index (χ3v) is 5.24. The van der Waals surface area contributed by atoms with E-state index in [4.69, 9.17) is 4.52 Å². The quantitative estimate of drug-likeness (QED) is 0.709. The second kappa shape index (κ2) is 7.31. The Morgan fingerprint density at radius 1 is 1.19 bits per heavy atom. The lowest BCUT2D eigenvalue weighted by atomic mass is 9.89. The number of carbonyl (C=O) groups is 1. The average molecular weight is 362 g/mol. The highest BCUT2D eigenvalue weighted by atomic mass is 16.5. The highest BCUT2D eigenvalue weighted by Crippen LogP contribution is 2.32. The molecule has 1 saturated heterocycles. The van der Waals surface area contributed by atoms with E-state index in [1.54, 1.807) is 18.5 Å². The first-order valence-corrected chi connectivity index (χ1v) is 9.22. The topological polar surface area (TPSA) is 72.1 Å². The lowest BCUT2D eigenvalue weighted by Gasteiger charge is -2.32. The van der Waals surface area contributed by atoms with Gasteiger partial charge >= 0.3 is 0 Å². The second-order valence-electron chi connectivity index (χ2n) is 6.98. The van der Waals surface area contributed by atoms with Crippen molar-refractivity contribution in [3.8, 4) is 11.3 Å². The largest absolute Gasteiger partial charge is 0.361 e. The molecule has 6 nitrogen and oxygen atoms in total. The zero-order valence-electron chi connectivity index (χ0n) is 15.6. The number of nitrogens with zero attached hydrogens (tertiary/aromatic N) is 4. The molecule has 1 amide bonds. The number of aromatic nitrogens is 3. The van der Waals surface area contributed by atoms with Gasteiger partial charge in [0.15, 0.2) is 0 Å². The zero-order chi connectivity index (χ0) is 18.8. The molecule has 0 aliphatic carbocycles. The predicted molar refractivity (Wildman–Crippen MR) is 101 cm³/mol. The molecule has 3 aromatic rings. The Morgan fingerprint density at radius 3 is 2.67 bits per heavy atom. The smallest absolute Gasteiger partial charge is 0.255 e. The Labute approximate surface area is 158 Å². The minimum atomic E-state index is 0.0627. The van der Waals surface area contributed by atoms with Crippen molar-refractivity contribution in [3.05, 3.63) is 65.4 Å². The van der Waals surface area contributed by atoms with Crippen molar-refractivity contribution in [1.29, 1.82) is 0 Å². The van der Waals surface area contributed by atoms with Gasteiger partial charge in [-0.25, -0.2) is 0 Å². The summed E-state index contributed by atoms with van der Waals surface area (Å²) < 4.78 is 5.28. The maximum absolute atomic E-state index is 12.6. The number of rotatable bonds is 3. The van der Waals surface area contributed by atoms with Crippen LogP contribution in [0.4, 0.5) is 0 Å². The molecule has 0 atom stereocenters. The normalized spacial score (nSPS) is 15.1. The van der Waals surface area contributed by atoms with E-state index in [-0.39, 0.29) is 5.91 Å². The molecule has 0 radical (unpaired) electrons. The van der Waals surface area contributed by atoms with Crippen molar-refractivity contribution < 1.29 is 9.32 Å². The van der Waals surface area contributed by atoms with Gasteiger partial charge in [-0.3, -0.25) is 14.8 Å². The molecule has 1 aliphatic heterocycles. The van der Waals surface area contributed by atoms with E-state index in [1.165, 1.54) is 5.56 Å². The molecular weight excluding hydrogens is 340 g/mol. The Morgan fingerprint density at radius 2 is 2.00 bits per heavy atom. The highest BCUT2D eigenvalue weighted by molar-refractivity contribution is 5.93. The van der Waals surface area contributed by atoms with Crippen LogP contribution in [0.1, 0.15) is 46.1 Å². The third-order valence-electron chi connectivity index (χ3n) is 5.24. The Hall–Kier alpha value is -3.02. The number of pyridine rings is 2. The van der Waals surface area contributed by atoms with Crippen LogP contribution in [0, 0.1) is 13.8 Å². The summed E-state index contributed by atoms with van der Waals surface area (Å²) in [4.78, 5) is 23.1. The lowest BCUT2D eigenvalue weighted by molar-refractivity contribution is 0.0712. The van der Waals surface area contributed by atoms with Gasteiger partial charge in [-0.2, -0.15) is 0 Å². The van der Waals surface area contributed by atoms with Gasteiger partial charge in [-0.05, 0) is 62.4 Å². The molecule has 1 aliphatic rings. The second-order valence-corrected chi connectivity index (χ2v) is 6.98. The molecule has 4 heterocycles. The van der Waals surface area contributed by atoms with Crippen LogP contribution < -0.4 is 0 Å². The Balaban J connectivity index is 1.47.